The molecule has 0 saturated carbocycles. The summed E-state index contributed by atoms with van der Waals surface area (Å²) in [5.74, 6) is 1.58. The fraction of sp³-hybridized carbons (Fsp3) is 0.588. The summed E-state index contributed by atoms with van der Waals surface area (Å²) in [4.78, 5) is 14.4. The maximum absolute atomic E-state index is 12.2. The minimum atomic E-state index is -0.153. The van der Waals surface area contributed by atoms with Gasteiger partial charge in [-0.2, -0.15) is 0 Å². The van der Waals surface area contributed by atoms with Gasteiger partial charge in [-0.25, -0.2) is 0 Å². The molecule has 0 radical (unpaired) electrons. The van der Waals surface area contributed by atoms with Crippen LogP contribution < -0.4 is 14.8 Å². The molecule has 0 spiro atoms. The van der Waals surface area contributed by atoms with Crippen LogP contribution in [0.15, 0.2) is 24.3 Å². The number of carbonyl (C=O) groups excluding carboxylic acids is 1. The quantitative estimate of drug-likeness (QED) is 0.922. The predicted molar refractivity (Wildman–Crippen MR) is 84.2 cm³/mol. The number of rotatable bonds is 4. The van der Waals surface area contributed by atoms with Crippen LogP contribution in [0.2, 0.25) is 0 Å². The molecule has 1 N–H and O–H groups in total. The Morgan fingerprint density at radius 3 is 2.77 bits per heavy atom. The van der Waals surface area contributed by atoms with Crippen LogP contribution in [0.3, 0.4) is 0 Å². The highest BCUT2D eigenvalue weighted by atomic mass is 16.6. The lowest BCUT2D eigenvalue weighted by molar-refractivity contribution is -0.124. The van der Waals surface area contributed by atoms with Crippen molar-refractivity contribution >= 4 is 5.91 Å². The van der Waals surface area contributed by atoms with Crippen molar-refractivity contribution in [3.63, 3.8) is 0 Å². The van der Waals surface area contributed by atoms with Gasteiger partial charge in [0.1, 0.15) is 6.61 Å². The fourth-order valence-electron chi connectivity index (χ4n) is 3.00. The van der Waals surface area contributed by atoms with Crippen molar-refractivity contribution in [2.45, 2.75) is 38.3 Å². The van der Waals surface area contributed by atoms with E-state index in [9.17, 15) is 4.79 Å². The molecule has 2 atom stereocenters. The van der Waals surface area contributed by atoms with Gasteiger partial charge in [-0.3, -0.25) is 9.69 Å². The molecule has 1 amide bonds. The van der Waals surface area contributed by atoms with Crippen LogP contribution in [-0.4, -0.2) is 49.2 Å². The normalized spacial score (nSPS) is 22.9. The molecular weight excluding hydrogens is 280 g/mol. The smallest absolute Gasteiger partial charge is 0.234 e. The molecule has 2 aliphatic heterocycles. The minimum absolute atomic E-state index is 0.0665. The number of hydrogen-bond acceptors (Lipinski definition) is 4. The average Bonchev–Trinajstić information content (AvgIpc) is 2.55. The van der Waals surface area contributed by atoms with E-state index >= 15 is 0 Å². The Morgan fingerprint density at radius 1 is 1.27 bits per heavy atom. The molecule has 5 nitrogen and oxygen atoms in total. The van der Waals surface area contributed by atoms with E-state index in [2.05, 4.69) is 10.2 Å². The molecule has 5 heteroatoms. The number of piperidine rings is 1. The summed E-state index contributed by atoms with van der Waals surface area (Å²) in [6.45, 7) is 4.96. The Labute approximate surface area is 131 Å². The molecule has 3 rings (SSSR count). The first-order valence-corrected chi connectivity index (χ1v) is 8.12. The zero-order valence-electron chi connectivity index (χ0n) is 13.1. The van der Waals surface area contributed by atoms with Crippen LogP contribution in [0.5, 0.6) is 11.5 Å². The first-order chi connectivity index (χ1) is 10.7. The highest BCUT2D eigenvalue weighted by molar-refractivity contribution is 5.78. The molecule has 0 bridgehead atoms. The van der Waals surface area contributed by atoms with E-state index in [0.29, 0.717) is 13.2 Å². The number of hydrogen-bond donors (Lipinski definition) is 1. The van der Waals surface area contributed by atoms with Gasteiger partial charge in [-0.15, -0.1) is 0 Å². The lowest BCUT2D eigenvalue weighted by atomic mass is 10.1. The lowest BCUT2D eigenvalue weighted by Crippen LogP contribution is -2.50. The molecule has 2 heterocycles. The number of ether oxygens (including phenoxy) is 2. The van der Waals surface area contributed by atoms with Crippen LogP contribution in [0, 0.1) is 0 Å². The van der Waals surface area contributed by atoms with Gasteiger partial charge in [0.2, 0.25) is 5.91 Å². The van der Waals surface area contributed by atoms with E-state index in [1.165, 1.54) is 19.3 Å². The van der Waals surface area contributed by atoms with Gasteiger partial charge < -0.3 is 14.8 Å². The lowest BCUT2D eigenvalue weighted by Gasteiger charge is -2.31. The van der Waals surface area contributed by atoms with Crippen molar-refractivity contribution < 1.29 is 14.3 Å². The molecule has 0 unspecified atom stereocenters. The molecule has 120 valence electrons. The second kappa shape index (κ2) is 7.01. The van der Waals surface area contributed by atoms with Gasteiger partial charge in [0, 0.05) is 0 Å². The third-order valence-corrected chi connectivity index (χ3v) is 4.29. The van der Waals surface area contributed by atoms with Crippen LogP contribution in [0.4, 0.5) is 0 Å². The molecule has 1 aromatic rings. The number of carbonyl (C=O) groups is 1. The van der Waals surface area contributed by atoms with E-state index in [-0.39, 0.29) is 18.1 Å². The Kier molecular flexibility index (Phi) is 4.83. The SMILES string of the molecule is C[C@H](NC(=O)CN1CCCCC1)[C@@H]1COc2ccccc2O1. The van der Waals surface area contributed by atoms with Crippen molar-refractivity contribution in [3.05, 3.63) is 24.3 Å². The maximum atomic E-state index is 12.2. The zero-order valence-corrected chi connectivity index (χ0v) is 13.1. The number of likely N-dealkylation sites (tertiary alicyclic amines) is 1. The summed E-state index contributed by atoms with van der Waals surface area (Å²) in [5.41, 5.74) is 0. The van der Waals surface area contributed by atoms with E-state index in [4.69, 9.17) is 9.47 Å². The first kappa shape index (κ1) is 15.2. The Morgan fingerprint density at radius 2 is 2.00 bits per heavy atom. The summed E-state index contributed by atoms with van der Waals surface area (Å²) < 4.78 is 11.6. The Bertz CT molecular complexity index is 514. The highest BCUT2D eigenvalue weighted by Crippen LogP contribution is 2.31. The Hall–Kier alpha value is -1.75. The van der Waals surface area contributed by atoms with Gasteiger partial charge in [-0.05, 0) is 45.0 Å². The topological polar surface area (TPSA) is 50.8 Å². The number of fused-ring (bicyclic) bond motifs is 1. The molecule has 22 heavy (non-hydrogen) atoms. The fourth-order valence-corrected chi connectivity index (χ4v) is 3.00. The summed E-state index contributed by atoms with van der Waals surface area (Å²) in [5, 5.41) is 3.04. The van der Waals surface area contributed by atoms with Gasteiger partial charge in [0.15, 0.2) is 17.6 Å². The average molecular weight is 304 g/mol. The molecule has 0 aliphatic carbocycles. The summed E-state index contributed by atoms with van der Waals surface area (Å²) in [6, 6.07) is 7.55. The van der Waals surface area contributed by atoms with E-state index in [1.54, 1.807) is 0 Å². The standard InChI is InChI=1S/C17H24N2O3/c1-13(18-17(20)11-19-9-5-2-6-10-19)16-12-21-14-7-3-4-8-15(14)22-16/h3-4,7-8,13,16H,2,5-6,9-12H2,1H3,(H,18,20)/t13-,16-/m0/s1. The predicted octanol–water partition coefficient (Wildman–Crippen LogP) is 1.82. The summed E-state index contributed by atoms with van der Waals surface area (Å²) in [6.07, 6.45) is 3.51. The van der Waals surface area contributed by atoms with E-state index in [0.717, 1.165) is 24.6 Å². The van der Waals surface area contributed by atoms with Gasteiger partial charge in [0.25, 0.3) is 0 Å². The molecule has 0 aromatic heterocycles. The minimum Gasteiger partial charge on any atom is -0.486 e. The largest absolute Gasteiger partial charge is 0.486 e. The Balaban J connectivity index is 1.49. The molecule has 1 saturated heterocycles. The van der Waals surface area contributed by atoms with Crippen molar-refractivity contribution in [2.24, 2.45) is 0 Å². The second-order valence-corrected chi connectivity index (χ2v) is 6.11. The van der Waals surface area contributed by atoms with Crippen LogP contribution >= 0.6 is 0 Å². The van der Waals surface area contributed by atoms with Gasteiger partial charge >= 0.3 is 0 Å². The van der Waals surface area contributed by atoms with Crippen LogP contribution in [0.25, 0.3) is 0 Å². The van der Waals surface area contributed by atoms with E-state index < -0.39 is 0 Å². The number of benzene rings is 1. The van der Waals surface area contributed by atoms with Crippen molar-refractivity contribution in [3.8, 4) is 11.5 Å². The third-order valence-electron chi connectivity index (χ3n) is 4.29. The zero-order chi connectivity index (χ0) is 15.4. The highest BCUT2D eigenvalue weighted by Gasteiger charge is 2.27. The summed E-state index contributed by atoms with van der Waals surface area (Å²) >= 11 is 0. The maximum Gasteiger partial charge on any atom is 0.234 e. The molecule has 1 aromatic carbocycles. The van der Waals surface area contributed by atoms with Crippen molar-refractivity contribution in [2.75, 3.05) is 26.2 Å². The number of nitrogens with zero attached hydrogens (tertiary/aromatic N) is 1. The van der Waals surface area contributed by atoms with Crippen molar-refractivity contribution in [1.29, 1.82) is 0 Å². The monoisotopic (exact) mass is 304 g/mol. The number of amides is 1. The van der Waals surface area contributed by atoms with Gasteiger partial charge in [-0.1, -0.05) is 18.6 Å². The molecule has 2 aliphatic rings. The molecule has 1 fully saturated rings. The molecular formula is C17H24N2O3. The number of para-hydroxylation sites is 2. The van der Waals surface area contributed by atoms with Crippen molar-refractivity contribution in [1.82, 2.24) is 10.2 Å². The third kappa shape index (κ3) is 3.71. The first-order valence-electron chi connectivity index (χ1n) is 8.12. The number of nitrogens with one attached hydrogen (secondary N) is 1. The summed E-state index contributed by atoms with van der Waals surface area (Å²) in [7, 11) is 0. The van der Waals surface area contributed by atoms with Crippen LogP contribution in [-0.2, 0) is 4.79 Å². The van der Waals surface area contributed by atoms with Crippen LogP contribution in [0.1, 0.15) is 26.2 Å². The van der Waals surface area contributed by atoms with E-state index in [1.807, 2.05) is 31.2 Å². The second-order valence-electron chi connectivity index (χ2n) is 6.11. The van der Waals surface area contributed by atoms with Gasteiger partial charge in [0.05, 0.1) is 12.6 Å².